The predicted molar refractivity (Wildman–Crippen MR) is 84.6 cm³/mol. The van der Waals surface area contributed by atoms with Crippen molar-refractivity contribution in [1.29, 1.82) is 0 Å². The quantitative estimate of drug-likeness (QED) is 0.169. The van der Waals surface area contributed by atoms with E-state index >= 15 is 0 Å². The van der Waals surface area contributed by atoms with Crippen molar-refractivity contribution in [2.45, 2.75) is 24.5 Å². The van der Waals surface area contributed by atoms with Gasteiger partial charge in [0, 0.05) is 0 Å². The van der Waals surface area contributed by atoms with Crippen LogP contribution in [0.2, 0.25) is 0 Å². The van der Waals surface area contributed by atoms with Gasteiger partial charge in [0.2, 0.25) is 0 Å². The minimum absolute atomic E-state index is 0. The minimum atomic E-state index is -5.29. The van der Waals surface area contributed by atoms with Crippen LogP contribution in [-0.2, 0) is 22.7 Å². The zero-order valence-corrected chi connectivity index (χ0v) is 21.0. The van der Waals surface area contributed by atoms with Gasteiger partial charge in [0.05, 0.1) is 12.9 Å². The van der Waals surface area contributed by atoms with Crippen LogP contribution in [0.4, 0.5) is 5.82 Å². The van der Waals surface area contributed by atoms with E-state index in [1.54, 1.807) is 0 Å². The molecule has 0 aromatic carbocycles. The van der Waals surface area contributed by atoms with Crippen LogP contribution in [0.1, 0.15) is 6.23 Å². The van der Waals surface area contributed by atoms with Crippen molar-refractivity contribution in [3.05, 3.63) is 12.7 Å². The second-order valence-electron chi connectivity index (χ2n) is 5.47. The van der Waals surface area contributed by atoms with Gasteiger partial charge in [-0.2, -0.15) is 4.31 Å². The third-order valence-electron chi connectivity index (χ3n) is 3.61. The fourth-order valence-electron chi connectivity index (χ4n) is 2.48. The number of hydrogen-bond acceptors (Lipinski definition) is 11. The number of aliphatic hydroxyl groups is 2. The van der Waals surface area contributed by atoms with E-state index in [0.717, 1.165) is 6.33 Å². The molecule has 0 saturated carbocycles. The van der Waals surface area contributed by atoms with Crippen LogP contribution < -0.4 is 64.8 Å². The molecule has 1 unspecified atom stereocenters. The van der Waals surface area contributed by atoms with Crippen molar-refractivity contribution in [3.63, 3.8) is 0 Å². The molecule has 2 aromatic heterocycles. The van der Waals surface area contributed by atoms with Gasteiger partial charge in [0.1, 0.15) is 30.2 Å². The Balaban J connectivity index is 0.00000210. The van der Waals surface area contributed by atoms with Gasteiger partial charge in [0.25, 0.3) is 0 Å². The molecule has 0 radical (unpaired) electrons. The van der Waals surface area contributed by atoms with Gasteiger partial charge in [-0.25, -0.2) is 24.1 Å². The molecular formula is C10H15N5Na2O10P2+2. The summed E-state index contributed by atoms with van der Waals surface area (Å²) in [7, 11) is -10.4. The zero-order valence-electron chi connectivity index (χ0n) is 15.2. The largest absolute Gasteiger partial charge is 1.00 e. The number of nitrogen functional groups attached to an aromatic ring is 1. The van der Waals surface area contributed by atoms with Crippen LogP contribution in [0.15, 0.2) is 12.7 Å². The first kappa shape index (κ1) is 27.5. The molecule has 2 aromatic rings. The Morgan fingerprint density at radius 3 is 2.41 bits per heavy atom. The summed E-state index contributed by atoms with van der Waals surface area (Å²) in [5.74, 6) is 0.0856. The molecule has 5 atom stereocenters. The van der Waals surface area contributed by atoms with Crippen LogP contribution in [-0.4, -0.2) is 69.3 Å². The topological polar surface area (TPSA) is 233 Å². The Kier molecular flexibility index (Phi) is 9.87. The van der Waals surface area contributed by atoms with Crippen LogP contribution in [0.3, 0.4) is 0 Å². The van der Waals surface area contributed by atoms with Gasteiger partial charge in [-0.05, 0) is 0 Å². The maximum absolute atomic E-state index is 11.5. The zero-order chi connectivity index (χ0) is 20.0. The third kappa shape index (κ3) is 6.49. The number of aromatic nitrogens is 4. The summed E-state index contributed by atoms with van der Waals surface area (Å²) < 4.78 is 36.8. The van der Waals surface area contributed by atoms with E-state index in [1.165, 1.54) is 10.9 Å². The van der Waals surface area contributed by atoms with Gasteiger partial charge in [0.15, 0.2) is 17.7 Å². The number of nitrogens with two attached hydrogens (primary N) is 1. The fraction of sp³-hybridized carbons (Fsp3) is 0.500. The molecule has 1 fully saturated rings. The second kappa shape index (κ2) is 10.4. The third-order valence-corrected chi connectivity index (χ3v) is 5.76. The van der Waals surface area contributed by atoms with E-state index in [1.807, 2.05) is 0 Å². The molecule has 3 rings (SSSR count). The summed E-state index contributed by atoms with van der Waals surface area (Å²) in [5.41, 5.74) is 6.11. The monoisotopic (exact) mass is 473 g/mol. The van der Waals surface area contributed by atoms with Crippen LogP contribution >= 0.6 is 15.6 Å². The van der Waals surface area contributed by atoms with Gasteiger partial charge >= 0.3 is 74.8 Å². The average Bonchev–Trinajstić information content (AvgIpc) is 3.07. The van der Waals surface area contributed by atoms with E-state index in [2.05, 4.69) is 23.8 Å². The van der Waals surface area contributed by atoms with E-state index in [0.29, 0.717) is 0 Å². The van der Waals surface area contributed by atoms with Gasteiger partial charge < -0.3 is 35.4 Å². The Morgan fingerprint density at radius 1 is 1.14 bits per heavy atom. The Bertz CT molecular complexity index is 943. The Labute approximate surface area is 207 Å². The van der Waals surface area contributed by atoms with E-state index in [9.17, 15) is 24.2 Å². The smallest absolute Gasteiger partial charge is 0.387 e. The maximum atomic E-state index is 11.5. The van der Waals surface area contributed by atoms with Crippen molar-refractivity contribution < 1.29 is 107 Å². The average molecular weight is 473 g/mol. The van der Waals surface area contributed by atoms with Crippen molar-refractivity contribution in [3.8, 4) is 0 Å². The van der Waals surface area contributed by atoms with Crippen LogP contribution in [0.25, 0.3) is 11.2 Å². The number of ether oxygens (including phenoxy) is 1. The first-order valence-electron chi connectivity index (χ1n) is 7.17. The van der Waals surface area contributed by atoms with Gasteiger partial charge in [-0.15, -0.1) is 0 Å². The summed E-state index contributed by atoms with van der Waals surface area (Å²) >= 11 is 0. The number of anilines is 1. The minimum Gasteiger partial charge on any atom is -0.387 e. The van der Waals surface area contributed by atoms with Crippen molar-refractivity contribution in [2.24, 2.45) is 0 Å². The molecule has 0 aliphatic carbocycles. The van der Waals surface area contributed by atoms with E-state index < -0.39 is 46.8 Å². The molecule has 0 amide bonds. The fourth-order valence-corrected chi connectivity index (χ4v) is 4.08. The molecular weight excluding hydrogens is 458 g/mol. The number of phosphoric ester groups is 1. The molecule has 1 aliphatic rings. The number of aliphatic hydroxyl groups excluding tert-OH is 2. The van der Waals surface area contributed by atoms with Crippen molar-refractivity contribution in [2.75, 3.05) is 12.3 Å². The maximum Gasteiger partial charge on any atom is 1.00 e. The SMILES string of the molecule is Nc1ncnc2c1ncn2[C@@H]1O[C@H](COP(=O)(O)OP(=O)(O)O)[C@@H](O)[C@H]1O.[Na+].[Na+]. The van der Waals surface area contributed by atoms with Gasteiger partial charge in [-0.1, -0.05) is 0 Å². The van der Waals surface area contributed by atoms with E-state index in [-0.39, 0.29) is 76.1 Å². The standard InChI is InChI=1S/C10H15N5O10P2.2Na/c11-8-5-9(13-2-12-8)15(3-14-5)10-7(17)6(16)4(24-10)1-23-27(21,22)25-26(18,19)20;;/h2-4,6-7,10,16-17H,1H2,(H,21,22)(H2,11,12,13)(H2,18,19,20);;/q;2*+1/t4-,6-,7-,10-;;/m1../s1. The summed E-state index contributed by atoms with van der Waals surface area (Å²) in [6, 6.07) is 0. The number of nitrogens with zero attached hydrogens (tertiary/aromatic N) is 4. The molecule has 29 heavy (non-hydrogen) atoms. The normalized spacial score (nSPS) is 26.5. The predicted octanol–water partition coefficient (Wildman–Crippen LogP) is -7.74. The summed E-state index contributed by atoms with van der Waals surface area (Å²) in [6.45, 7) is -0.813. The Morgan fingerprint density at radius 2 is 1.79 bits per heavy atom. The number of hydrogen-bond donors (Lipinski definition) is 6. The number of rotatable bonds is 6. The summed E-state index contributed by atoms with van der Waals surface area (Å²) in [5, 5.41) is 20.3. The molecule has 3 heterocycles. The number of imidazole rings is 1. The second-order valence-corrected chi connectivity index (χ2v) is 8.30. The summed E-state index contributed by atoms with van der Waals surface area (Å²) in [6.07, 6.45) is -3.20. The molecule has 0 bridgehead atoms. The molecule has 150 valence electrons. The van der Waals surface area contributed by atoms with Gasteiger partial charge in [-0.3, -0.25) is 9.09 Å². The first-order chi connectivity index (χ1) is 12.5. The van der Waals surface area contributed by atoms with Crippen molar-refractivity contribution in [1.82, 2.24) is 19.5 Å². The van der Waals surface area contributed by atoms with Crippen molar-refractivity contribution >= 4 is 32.6 Å². The first-order valence-corrected chi connectivity index (χ1v) is 10.2. The van der Waals surface area contributed by atoms with Crippen LogP contribution in [0, 0.1) is 0 Å². The molecule has 19 heteroatoms. The molecule has 15 nitrogen and oxygen atoms in total. The molecule has 1 saturated heterocycles. The van der Waals surface area contributed by atoms with Crippen LogP contribution in [0.5, 0.6) is 0 Å². The summed E-state index contributed by atoms with van der Waals surface area (Å²) in [4.78, 5) is 38.1. The number of phosphoric acid groups is 2. The molecule has 0 spiro atoms. The Hall–Kier alpha value is 0.490. The van der Waals surface area contributed by atoms with E-state index in [4.69, 9.17) is 20.3 Å². The molecule has 7 N–H and O–H groups in total. The number of fused-ring (bicyclic) bond motifs is 1. The molecule has 1 aliphatic heterocycles.